The first-order valence-electron chi connectivity index (χ1n) is 2.70. The van der Waals surface area contributed by atoms with E-state index in [0.717, 1.165) is 13.0 Å². The summed E-state index contributed by atoms with van der Waals surface area (Å²) in [6.07, 6.45) is 2.01. The monoisotopic (exact) mass is 101 g/mol. The summed E-state index contributed by atoms with van der Waals surface area (Å²) in [5.74, 6) is 0. The average molecular weight is 101 g/mol. The molecule has 0 aromatic rings. The Morgan fingerprint density at radius 3 is 2.43 bits per heavy atom. The van der Waals surface area contributed by atoms with E-state index in [0.29, 0.717) is 12.2 Å². The molecule has 1 aliphatic rings. The molecule has 0 bridgehead atoms. The second kappa shape index (κ2) is 1.80. The van der Waals surface area contributed by atoms with Crippen molar-refractivity contribution in [3.63, 3.8) is 0 Å². The van der Waals surface area contributed by atoms with E-state index in [1.54, 1.807) is 0 Å². The SMILES string of the molecule is CC1OC1CCN. The predicted molar refractivity (Wildman–Crippen MR) is 28.0 cm³/mol. The fraction of sp³-hybridized carbons (Fsp3) is 1.00. The lowest BCUT2D eigenvalue weighted by atomic mass is 10.3. The van der Waals surface area contributed by atoms with Gasteiger partial charge in [-0.1, -0.05) is 0 Å². The molecule has 2 unspecified atom stereocenters. The molecule has 1 fully saturated rings. The lowest BCUT2D eigenvalue weighted by Gasteiger charge is -1.82. The smallest absolute Gasteiger partial charge is 0.0851 e. The molecule has 2 N–H and O–H groups in total. The molecule has 1 rings (SSSR count). The quantitative estimate of drug-likeness (QED) is 0.502. The standard InChI is InChI=1S/C5H11NO/c1-4-5(7-4)2-3-6/h4-5H,2-3,6H2,1H3. The number of hydrogen-bond acceptors (Lipinski definition) is 2. The molecule has 0 aromatic carbocycles. The summed E-state index contributed by atoms with van der Waals surface area (Å²) in [7, 11) is 0. The highest BCUT2D eigenvalue weighted by molar-refractivity contribution is 4.79. The molecule has 0 aromatic heterocycles. The number of hydrogen-bond donors (Lipinski definition) is 1. The second-order valence-electron chi connectivity index (χ2n) is 1.96. The van der Waals surface area contributed by atoms with Crippen molar-refractivity contribution in [2.45, 2.75) is 25.6 Å². The Morgan fingerprint density at radius 1 is 1.71 bits per heavy atom. The van der Waals surface area contributed by atoms with Crippen molar-refractivity contribution < 1.29 is 4.74 Å². The van der Waals surface area contributed by atoms with Gasteiger partial charge in [-0.3, -0.25) is 0 Å². The van der Waals surface area contributed by atoms with Crippen LogP contribution in [-0.2, 0) is 4.74 Å². The summed E-state index contributed by atoms with van der Waals surface area (Å²) in [6.45, 7) is 2.83. The van der Waals surface area contributed by atoms with Crippen LogP contribution in [0.25, 0.3) is 0 Å². The van der Waals surface area contributed by atoms with Crippen LogP contribution >= 0.6 is 0 Å². The minimum Gasteiger partial charge on any atom is -0.370 e. The molecular weight excluding hydrogens is 90.1 g/mol. The van der Waals surface area contributed by atoms with Crippen LogP contribution in [0.15, 0.2) is 0 Å². The maximum absolute atomic E-state index is 5.25. The van der Waals surface area contributed by atoms with Gasteiger partial charge in [0, 0.05) is 0 Å². The Labute approximate surface area is 43.6 Å². The largest absolute Gasteiger partial charge is 0.370 e. The van der Waals surface area contributed by atoms with Gasteiger partial charge in [-0.25, -0.2) is 0 Å². The predicted octanol–water partition coefficient (Wildman–Crippen LogP) is 0.122. The Bertz CT molecular complexity index is 65.1. The Morgan fingerprint density at radius 2 is 2.29 bits per heavy atom. The van der Waals surface area contributed by atoms with E-state index in [4.69, 9.17) is 10.5 Å². The number of ether oxygens (including phenoxy) is 1. The highest BCUT2D eigenvalue weighted by Crippen LogP contribution is 2.22. The summed E-state index contributed by atoms with van der Waals surface area (Å²) < 4.78 is 5.08. The molecule has 42 valence electrons. The molecule has 1 heterocycles. The first kappa shape index (κ1) is 5.06. The van der Waals surface area contributed by atoms with Crippen LogP contribution < -0.4 is 5.73 Å². The molecule has 2 atom stereocenters. The van der Waals surface area contributed by atoms with Gasteiger partial charge in [0.15, 0.2) is 0 Å². The van der Waals surface area contributed by atoms with Crippen LogP contribution in [0, 0.1) is 0 Å². The molecule has 2 nitrogen and oxygen atoms in total. The van der Waals surface area contributed by atoms with Crippen molar-refractivity contribution in [1.29, 1.82) is 0 Å². The third kappa shape index (κ3) is 1.14. The van der Waals surface area contributed by atoms with Gasteiger partial charge in [0.2, 0.25) is 0 Å². The highest BCUT2D eigenvalue weighted by Gasteiger charge is 2.32. The lowest BCUT2D eigenvalue weighted by Crippen LogP contribution is -2.03. The zero-order chi connectivity index (χ0) is 5.28. The third-order valence-electron chi connectivity index (χ3n) is 1.29. The molecule has 1 saturated heterocycles. The normalized spacial score (nSPS) is 38.6. The van der Waals surface area contributed by atoms with Crippen LogP contribution in [0.2, 0.25) is 0 Å². The first-order valence-corrected chi connectivity index (χ1v) is 2.70. The molecule has 1 aliphatic heterocycles. The van der Waals surface area contributed by atoms with Crippen LogP contribution in [0.3, 0.4) is 0 Å². The molecular formula is C5H11NO. The third-order valence-corrected chi connectivity index (χ3v) is 1.29. The van der Waals surface area contributed by atoms with Crippen molar-refractivity contribution in [2.24, 2.45) is 5.73 Å². The first-order chi connectivity index (χ1) is 3.34. The Hall–Kier alpha value is -0.0800. The molecule has 7 heavy (non-hydrogen) atoms. The van der Waals surface area contributed by atoms with Crippen molar-refractivity contribution in [3.05, 3.63) is 0 Å². The number of nitrogens with two attached hydrogens (primary N) is 1. The summed E-state index contributed by atoms with van der Waals surface area (Å²) >= 11 is 0. The summed E-state index contributed by atoms with van der Waals surface area (Å²) in [6, 6.07) is 0. The van der Waals surface area contributed by atoms with Gasteiger partial charge in [-0.05, 0) is 19.9 Å². The van der Waals surface area contributed by atoms with Gasteiger partial charge in [0.25, 0.3) is 0 Å². The second-order valence-corrected chi connectivity index (χ2v) is 1.96. The lowest BCUT2D eigenvalue weighted by molar-refractivity contribution is 0.372. The zero-order valence-electron chi connectivity index (χ0n) is 4.55. The zero-order valence-corrected chi connectivity index (χ0v) is 4.55. The van der Waals surface area contributed by atoms with Crippen LogP contribution in [0.5, 0.6) is 0 Å². The Kier molecular flexibility index (Phi) is 1.30. The van der Waals surface area contributed by atoms with E-state index in [1.165, 1.54) is 0 Å². The minimum atomic E-state index is 0.489. The minimum absolute atomic E-state index is 0.489. The summed E-state index contributed by atoms with van der Waals surface area (Å²) in [4.78, 5) is 0. The topological polar surface area (TPSA) is 38.5 Å². The summed E-state index contributed by atoms with van der Waals surface area (Å²) in [5, 5.41) is 0. The molecule has 0 radical (unpaired) electrons. The molecule has 2 heteroatoms. The maximum atomic E-state index is 5.25. The maximum Gasteiger partial charge on any atom is 0.0851 e. The van der Waals surface area contributed by atoms with Crippen LogP contribution in [-0.4, -0.2) is 18.8 Å². The van der Waals surface area contributed by atoms with Gasteiger partial charge in [-0.15, -0.1) is 0 Å². The van der Waals surface area contributed by atoms with E-state index < -0.39 is 0 Å². The average Bonchev–Trinajstić information content (AvgIpc) is 2.22. The van der Waals surface area contributed by atoms with Gasteiger partial charge in [0.1, 0.15) is 0 Å². The number of epoxide rings is 1. The van der Waals surface area contributed by atoms with Crippen LogP contribution in [0.4, 0.5) is 0 Å². The van der Waals surface area contributed by atoms with E-state index in [1.807, 2.05) is 0 Å². The molecule has 0 spiro atoms. The van der Waals surface area contributed by atoms with Gasteiger partial charge in [-0.2, -0.15) is 0 Å². The molecule has 0 saturated carbocycles. The van der Waals surface area contributed by atoms with E-state index in [9.17, 15) is 0 Å². The van der Waals surface area contributed by atoms with Gasteiger partial charge < -0.3 is 10.5 Å². The molecule has 0 amide bonds. The van der Waals surface area contributed by atoms with E-state index >= 15 is 0 Å². The van der Waals surface area contributed by atoms with Crippen molar-refractivity contribution in [1.82, 2.24) is 0 Å². The van der Waals surface area contributed by atoms with Gasteiger partial charge >= 0.3 is 0 Å². The summed E-state index contributed by atoms with van der Waals surface area (Å²) in [5.41, 5.74) is 5.25. The van der Waals surface area contributed by atoms with Crippen molar-refractivity contribution in [2.75, 3.05) is 6.54 Å². The van der Waals surface area contributed by atoms with Gasteiger partial charge in [0.05, 0.1) is 12.2 Å². The van der Waals surface area contributed by atoms with Crippen molar-refractivity contribution >= 4 is 0 Å². The van der Waals surface area contributed by atoms with Crippen molar-refractivity contribution in [3.8, 4) is 0 Å². The fourth-order valence-electron chi connectivity index (χ4n) is 0.697. The Balaban J connectivity index is 1.98. The fourth-order valence-corrected chi connectivity index (χ4v) is 0.697. The van der Waals surface area contributed by atoms with E-state index in [2.05, 4.69) is 6.92 Å². The van der Waals surface area contributed by atoms with Crippen LogP contribution in [0.1, 0.15) is 13.3 Å². The van der Waals surface area contributed by atoms with E-state index in [-0.39, 0.29) is 0 Å². The number of rotatable bonds is 2. The highest BCUT2D eigenvalue weighted by atomic mass is 16.6. The molecule has 0 aliphatic carbocycles.